The Morgan fingerprint density at radius 2 is 1.82 bits per heavy atom. The first kappa shape index (κ1) is 19.5. The Balaban J connectivity index is 1.74. The number of hydrogen-bond acceptors (Lipinski definition) is 4. The zero-order valence-corrected chi connectivity index (χ0v) is 15.7. The molecule has 0 saturated carbocycles. The zero-order valence-electron chi connectivity index (χ0n) is 15.7. The summed E-state index contributed by atoms with van der Waals surface area (Å²) in [4.78, 5) is 38.2. The molecule has 7 heteroatoms. The maximum absolute atomic E-state index is 13.2. The molecule has 0 aromatic heterocycles. The number of ketones is 1. The van der Waals surface area contributed by atoms with Crippen LogP contribution in [0.3, 0.4) is 0 Å². The quantitative estimate of drug-likeness (QED) is 0.587. The molecule has 0 unspecified atom stereocenters. The van der Waals surface area contributed by atoms with Gasteiger partial charge in [-0.15, -0.1) is 0 Å². The maximum atomic E-state index is 13.2. The number of urea groups is 1. The van der Waals surface area contributed by atoms with Crippen molar-refractivity contribution in [3.63, 3.8) is 0 Å². The van der Waals surface area contributed by atoms with Gasteiger partial charge in [0.2, 0.25) is 0 Å². The van der Waals surface area contributed by atoms with Crippen LogP contribution in [0.2, 0.25) is 0 Å². The van der Waals surface area contributed by atoms with Crippen LogP contribution in [0.1, 0.15) is 36.2 Å². The Hall–Kier alpha value is -3.22. The van der Waals surface area contributed by atoms with Gasteiger partial charge in [0, 0.05) is 0 Å². The molecule has 1 fully saturated rings. The number of nitrogens with one attached hydrogen (secondary N) is 1. The molecule has 2 aromatic carbocycles. The van der Waals surface area contributed by atoms with E-state index >= 15 is 0 Å². The van der Waals surface area contributed by atoms with Crippen LogP contribution in [0.4, 0.5) is 9.18 Å². The SMILES string of the molecule is CC[C@]1(c2ccc(F)cc2)NC(=O)N(CCOc2ccccc2C(C)=O)C1=O. The fourth-order valence-corrected chi connectivity index (χ4v) is 3.33. The van der Waals surface area contributed by atoms with Crippen molar-refractivity contribution in [1.82, 2.24) is 10.2 Å². The van der Waals surface area contributed by atoms with Gasteiger partial charge in [0.15, 0.2) is 5.78 Å². The molecule has 2 aromatic rings. The van der Waals surface area contributed by atoms with Crippen LogP contribution in [0.25, 0.3) is 0 Å². The largest absolute Gasteiger partial charge is 0.491 e. The van der Waals surface area contributed by atoms with E-state index in [0.29, 0.717) is 23.3 Å². The number of hydrogen-bond donors (Lipinski definition) is 1. The van der Waals surface area contributed by atoms with E-state index in [9.17, 15) is 18.8 Å². The zero-order chi connectivity index (χ0) is 20.3. The van der Waals surface area contributed by atoms with Gasteiger partial charge < -0.3 is 10.1 Å². The lowest BCUT2D eigenvalue weighted by Crippen LogP contribution is -2.43. The standard InChI is InChI=1S/C21H21FN2O4/c1-3-21(15-8-10-16(22)11-9-15)19(26)24(20(27)23-21)12-13-28-18-7-5-4-6-17(18)14(2)25/h4-11H,3,12-13H2,1-2H3,(H,23,27)/t21-/m1/s1. The summed E-state index contributed by atoms with van der Waals surface area (Å²) >= 11 is 0. The monoisotopic (exact) mass is 384 g/mol. The van der Waals surface area contributed by atoms with Crippen molar-refractivity contribution in [2.75, 3.05) is 13.2 Å². The number of benzene rings is 2. The molecule has 0 bridgehead atoms. The minimum Gasteiger partial charge on any atom is -0.491 e. The summed E-state index contributed by atoms with van der Waals surface area (Å²) in [6, 6.07) is 11.8. The van der Waals surface area contributed by atoms with Crippen LogP contribution in [0.15, 0.2) is 48.5 Å². The van der Waals surface area contributed by atoms with Gasteiger partial charge in [0.25, 0.3) is 5.91 Å². The number of ether oxygens (including phenoxy) is 1. The van der Waals surface area contributed by atoms with Crippen molar-refractivity contribution in [3.8, 4) is 5.75 Å². The van der Waals surface area contributed by atoms with Crippen molar-refractivity contribution < 1.29 is 23.5 Å². The number of carbonyl (C=O) groups is 3. The third-order valence-electron chi connectivity index (χ3n) is 4.88. The molecule has 1 aliphatic rings. The molecule has 1 aliphatic heterocycles. The maximum Gasteiger partial charge on any atom is 0.325 e. The second kappa shape index (κ2) is 7.80. The molecule has 146 valence electrons. The first-order valence-corrected chi connectivity index (χ1v) is 9.02. The number of Topliss-reactive ketones (excluding diaryl/α,β-unsaturated/α-hetero) is 1. The van der Waals surface area contributed by atoms with Crippen molar-refractivity contribution >= 4 is 17.7 Å². The number of nitrogens with zero attached hydrogens (tertiary/aromatic N) is 1. The molecule has 0 aliphatic carbocycles. The number of carbonyl (C=O) groups excluding carboxylic acids is 3. The molecule has 1 heterocycles. The van der Waals surface area contributed by atoms with E-state index < -0.39 is 23.3 Å². The van der Waals surface area contributed by atoms with Crippen molar-refractivity contribution in [2.24, 2.45) is 0 Å². The Bertz CT molecular complexity index is 913. The van der Waals surface area contributed by atoms with Gasteiger partial charge in [-0.05, 0) is 43.2 Å². The van der Waals surface area contributed by atoms with Gasteiger partial charge in [-0.3, -0.25) is 14.5 Å². The average molecular weight is 384 g/mol. The summed E-state index contributed by atoms with van der Waals surface area (Å²) in [6.45, 7) is 3.30. The summed E-state index contributed by atoms with van der Waals surface area (Å²) in [5.41, 5.74) is -0.253. The molecule has 6 nitrogen and oxygen atoms in total. The van der Waals surface area contributed by atoms with Gasteiger partial charge in [-0.25, -0.2) is 9.18 Å². The predicted octanol–water partition coefficient (Wildman–Crippen LogP) is 3.26. The van der Waals surface area contributed by atoms with Crippen LogP contribution in [-0.4, -0.2) is 35.8 Å². The molecule has 28 heavy (non-hydrogen) atoms. The lowest BCUT2D eigenvalue weighted by Gasteiger charge is -2.25. The van der Waals surface area contributed by atoms with E-state index in [4.69, 9.17) is 4.74 Å². The van der Waals surface area contributed by atoms with Gasteiger partial charge in [0.1, 0.15) is 23.7 Å². The number of para-hydroxylation sites is 1. The summed E-state index contributed by atoms with van der Waals surface area (Å²) in [6.07, 6.45) is 0.327. The molecule has 1 N–H and O–H groups in total. The third-order valence-corrected chi connectivity index (χ3v) is 4.88. The Kier molecular flexibility index (Phi) is 5.44. The molecule has 0 radical (unpaired) electrons. The summed E-state index contributed by atoms with van der Waals surface area (Å²) in [7, 11) is 0. The lowest BCUT2D eigenvalue weighted by atomic mass is 9.87. The number of rotatable bonds is 7. The minimum absolute atomic E-state index is 0.0276. The first-order valence-electron chi connectivity index (χ1n) is 9.02. The summed E-state index contributed by atoms with van der Waals surface area (Å²) in [5, 5.41) is 2.74. The van der Waals surface area contributed by atoms with Crippen LogP contribution in [-0.2, 0) is 10.3 Å². The molecular weight excluding hydrogens is 363 g/mol. The van der Waals surface area contributed by atoms with Gasteiger partial charge in [-0.2, -0.15) is 0 Å². The number of amides is 3. The minimum atomic E-state index is -1.22. The van der Waals surface area contributed by atoms with Crippen LogP contribution < -0.4 is 10.1 Å². The van der Waals surface area contributed by atoms with Gasteiger partial charge >= 0.3 is 6.03 Å². The molecule has 1 atom stereocenters. The Morgan fingerprint density at radius 3 is 2.46 bits per heavy atom. The number of imide groups is 1. The van der Waals surface area contributed by atoms with Gasteiger partial charge in [0.05, 0.1) is 12.1 Å². The summed E-state index contributed by atoms with van der Waals surface area (Å²) < 4.78 is 18.9. The first-order chi connectivity index (χ1) is 13.4. The second-order valence-electron chi connectivity index (χ2n) is 6.55. The lowest BCUT2D eigenvalue weighted by molar-refractivity contribution is -0.132. The smallest absolute Gasteiger partial charge is 0.325 e. The summed E-state index contributed by atoms with van der Waals surface area (Å²) in [5.74, 6) is -0.550. The molecular formula is C21H21FN2O4. The van der Waals surface area contributed by atoms with E-state index in [1.54, 1.807) is 31.2 Å². The third kappa shape index (κ3) is 3.47. The fourth-order valence-electron chi connectivity index (χ4n) is 3.33. The van der Waals surface area contributed by atoms with Crippen molar-refractivity contribution in [2.45, 2.75) is 25.8 Å². The van der Waals surface area contributed by atoms with E-state index in [1.165, 1.54) is 31.2 Å². The molecule has 0 spiro atoms. The fraction of sp³-hybridized carbons (Fsp3) is 0.286. The van der Waals surface area contributed by atoms with Crippen molar-refractivity contribution in [3.05, 3.63) is 65.5 Å². The second-order valence-corrected chi connectivity index (χ2v) is 6.55. The van der Waals surface area contributed by atoms with Crippen LogP contribution in [0, 0.1) is 5.82 Å². The topological polar surface area (TPSA) is 75.7 Å². The Labute approximate surface area is 162 Å². The van der Waals surface area contributed by atoms with E-state index in [2.05, 4.69) is 5.32 Å². The van der Waals surface area contributed by atoms with E-state index in [-0.39, 0.29) is 18.9 Å². The molecule has 1 saturated heterocycles. The van der Waals surface area contributed by atoms with E-state index in [0.717, 1.165) is 4.90 Å². The normalized spacial score (nSPS) is 18.9. The molecule has 3 amide bonds. The Morgan fingerprint density at radius 1 is 1.14 bits per heavy atom. The van der Waals surface area contributed by atoms with Crippen LogP contribution in [0.5, 0.6) is 5.75 Å². The van der Waals surface area contributed by atoms with E-state index in [1.807, 2.05) is 0 Å². The van der Waals surface area contributed by atoms with Gasteiger partial charge in [-0.1, -0.05) is 31.2 Å². The number of halogens is 1. The van der Waals surface area contributed by atoms with Crippen molar-refractivity contribution in [1.29, 1.82) is 0 Å². The highest BCUT2D eigenvalue weighted by Crippen LogP contribution is 2.32. The highest BCUT2D eigenvalue weighted by atomic mass is 19.1. The average Bonchev–Trinajstić information content (AvgIpc) is 2.93. The van der Waals surface area contributed by atoms with Crippen LogP contribution >= 0.6 is 0 Å². The predicted molar refractivity (Wildman–Crippen MR) is 101 cm³/mol. The highest BCUT2D eigenvalue weighted by Gasteiger charge is 2.51. The highest BCUT2D eigenvalue weighted by molar-refractivity contribution is 6.07. The molecule has 3 rings (SSSR count).